The number of hydrogen-bond donors (Lipinski definition) is 3. The standard InChI is InChI=1S/C16H24N2O5S/c1-3-5-13(16(20)21)11-17-15(19)10-12-6-8-14(9-7-12)24(22,23)18-4-2/h6-9,13,18H,3-5,10-11H2,1-2H3,(H,17,19)(H,20,21). The molecule has 3 N–H and O–H groups in total. The smallest absolute Gasteiger partial charge is 0.308 e. The van der Waals surface area contributed by atoms with E-state index in [0.29, 0.717) is 18.5 Å². The van der Waals surface area contributed by atoms with Gasteiger partial charge in [-0.3, -0.25) is 9.59 Å². The van der Waals surface area contributed by atoms with Crippen molar-refractivity contribution in [1.29, 1.82) is 0 Å². The number of carboxylic acid groups (broad SMARTS) is 1. The van der Waals surface area contributed by atoms with Crippen LogP contribution < -0.4 is 10.0 Å². The van der Waals surface area contributed by atoms with Crippen LogP contribution in [0.1, 0.15) is 32.3 Å². The van der Waals surface area contributed by atoms with Gasteiger partial charge in [-0.05, 0) is 24.1 Å². The molecular formula is C16H24N2O5S. The first-order chi connectivity index (χ1) is 11.3. The molecule has 0 saturated heterocycles. The molecule has 1 aromatic rings. The van der Waals surface area contributed by atoms with Gasteiger partial charge in [0.05, 0.1) is 17.2 Å². The molecule has 1 amide bonds. The van der Waals surface area contributed by atoms with Crippen molar-refractivity contribution in [1.82, 2.24) is 10.0 Å². The SMILES string of the molecule is CCCC(CNC(=O)Cc1ccc(S(=O)(=O)NCC)cc1)C(=O)O. The van der Waals surface area contributed by atoms with E-state index in [1.807, 2.05) is 6.92 Å². The highest BCUT2D eigenvalue weighted by atomic mass is 32.2. The van der Waals surface area contributed by atoms with Crippen LogP contribution >= 0.6 is 0 Å². The van der Waals surface area contributed by atoms with Crippen LogP contribution in [0.5, 0.6) is 0 Å². The minimum Gasteiger partial charge on any atom is -0.481 e. The second-order valence-corrected chi connectivity index (χ2v) is 7.22. The van der Waals surface area contributed by atoms with Gasteiger partial charge < -0.3 is 10.4 Å². The molecule has 1 rings (SSSR count). The molecule has 1 aromatic carbocycles. The predicted octanol–water partition coefficient (Wildman–Crippen LogP) is 1.14. The van der Waals surface area contributed by atoms with E-state index in [2.05, 4.69) is 10.0 Å². The first-order valence-corrected chi connectivity index (χ1v) is 9.36. The van der Waals surface area contributed by atoms with E-state index in [0.717, 1.165) is 6.42 Å². The number of carbonyl (C=O) groups is 2. The summed E-state index contributed by atoms with van der Waals surface area (Å²) in [6.07, 6.45) is 1.31. The number of carboxylic acids is 1. The summed E-state index contributed by atoms with van der Waals surface area (Å²) in [5.74, 6) is -1.80. The Morgan fingerprint density at radius 3 is 2.29 bits per heavy atom. The maximum atomic E-state index is 11.9. The highest BCUT2D eigenvalue weighted by molar-refractivity contribution is 7.89. The van der Waals surface area contributed by atoms with Crippen molar-refractivity contribution in [3.8, 4) is 0 Å². The van der Waals surface area contributed by atoms with Gasteiger partial charge in [-0.1, -0.05) is 32.4 Å². The Bertz CT molecular complexity index is 656. The van der Waals surface area contributed by atoms with Crippen LogP contribution in [0.4, 0.5) is 0 Å². The van der Waals surface area contributed by atoms with Crippen LogP contribution in [0.2, 0.25) is 0 Å². The average Bonchev–Trinajstić information content (AvgIpc) is 2.51. The van der Waals surface area contributed by atoms with Crippen LogP contribution in [0.3, 0.4) is 0 Å². The van der Waals surface area contributed by atoms with Gasteiger partial charge in [-0.15, -0.1) is 0 Å². The molecule has 0 fully saturated rings. The molecule has 0 aromatic heterocycles. The summed E-state index contributed by atoms with van der Waals surface area (Å²) in [7, 11) is -3.51. The summed E-state index contributed by atoms with van der Waals surface area (Å²) in [6, 6.07) is 6.03. The van der Waals surface area contributed by atoms with Crippen molar-refractivity contribution >= 4 is 21.9 Å². The first-order valence-electron chi connectivity index (χ1n) is 7.88. The Morgan fingerprint density at radius 2 is 1.79 bits per heavy atom. The molecule has 0 saturated carbocycles. The summed E-state index contributed by atoms with van der Waals surface area (Å²) in [5.41, 5.74) is 0.658. The summed E-state index contributed by atoms with van der Waals surface area (Å²) in [6.45, 7) is 3.98. The molecule has 1 atom stereocenters. The zero-order chi connectivity index (χ0) is 18.2. The van der Waals surface area contributed by atoms with E-state index in [4.69, 9.17) is 5.11 Å². The number of sulfonamides is 1. The van der Waals surface area contributed by atoms with E-state index in [-0.39, 0.29) is 23.8 Å². The van der Waals surface area contributed by atoms with Gasteiger partial charge >= 0.3 is 5.97 Å². The van der Waals surface area contributed by atoms with Gasteiger partial charge in [0.25, 0.3) is 0 Å². The van der Waals surface area contributed by atoms with Crippen LogP contribution in [-0.4, -0.2) is 38.5 Å². The molecule has 134 valence electrons. The van der Waals surface area contributed by atoms with Crippen molar-refractivity contribution in [3.63, 3.8) is 0 Å². The van der Waals surface area contributed by atoms with Gasteiger partial charge in [0.2, 0.25) is 15.9 Å². The summed E-state index contributed by atoms with van der Waals surface area (Å²) in [4.78, 5) is 23.1. The number of amides is 1. The molecule has 8 heteroatoms. The third-order valence-electron chi connectivity index (χ3n) is 3.46. The van der Waals surface area contributed by atoms with Crippen molar-refractivity contribution in [2.45, 2.75) is 38.0 Å². The molecule has 0 bridgehead atoms. The topological polar surface area (TPSA) is 113 Å². The molecule has 0 aliphatic carbocycles. The van der Waals surface area contributed by atoms with Gasteiger partial charge in [0, 0.05) is 13.1 Å². The average molecular weight is 356 g/mol. The Morgan fingerprint density at radius 1 is 1.17 bits per heavy atom. The van der Waals surface area contributed by atoms with Gasteiger partial charge in [0.1, 0.15) is 0 Å². The summed E-state index contributed by atoms with van der Waals surface area (Å²) in [5, 5.41) is 11.7. The maximum absolute atomic E-state index is 11.9. The number of aliphatic carboxylic acids is 1. The molecule has 0 spiro atoms. The van der Waals surface area contributed by atoms with Crippen molar-refractivity contribution in [3.05, 3.63) is 29.8 Å². The summed E-state index contributed by atoms with van der Waals surface area (Å²) >= 11 is 0. The van der Waals surface area contributed by atoms with Crippen molar-refractivity contribution in [2.24, 2.45) is 5.92 Å². The fraction of sp³-hybridized carbons (Fsp3) is 0.500. The molecule has 0 aliphatic heterocycles. The van der Waals surface area contributed by atoms with Crippen molar-refractivity contribution < 1.29 is 23.1 Å². The van der Waals surface area contributed by atoms with E-state index in [1.54, 1.807) is 19.1 Å². The lowest BCUT2D eigenvalue weighted by molar-refractivity contribution is -0.141. The number of rotatable bonds is 10. The monoisotopic (exact) mass is 356 g/mol. The quantitative estimate of drug-likeness (QED) is 0.582. The molecule has 0 aliphatic rings. The van der Waals surface area contributed by atoms with Gasteiger partial charge in [0.15, 0.2) is 0 Å². The zero-order valence-electron chi connectivity index (χ0n) is 13.9. The largest absolute Gasteiger partial charge is 0.481 e. The third kappa shape index (κ3) is 6.29. The second-order valence-electron chi connectivity index (χ2n) is 5.45. The Labute approximate surface area is 142 Å². The van der Waals surface area contributed by atoms with E-state index < -0.39 is 21.9 Å². The fourth-order valence-corrected chi connectivity index (χ4v) is 3.25. The zero-order valence-corrected chi connectivity index (χ0v) is 14.7. The predicted molar refractivity (Wildman–Crippen MR) is 90.1 cm³/mol. The lowest BCUT2D eigenvalue weighted by Crippen LogP contribution is -2.33. The lowest BCUT2D eigenvalue weighted by Gasteiger charge is -2.12. The first kappa shape index (κ1) is 20.1. The number of nitrogens with one attached hydrogen (secondary N) is 2. The number of carbonyl (C=O) groups excluding carboxylic acids is 1. The molecule has 0 heterocycles. The number of benzene rings is 1. The van der Waals surface area contributed by atoms with Crippen molar-refractivity contribution in [2.75, 3.05) is 13.1 Å². The van der Waals surface area contributed by atoms with Gasteiger partial charge in [-0.25, -0.2) is 13.1 Å². The fourth-order valence-electron chi connectivity index (χ4n) is 2.21. The normalized spacial score (nSPS) is 12.6. The molecule has 1 unspecified atom stereocenters. The summed E-state index contributed by atoms with van der Waals surface area (Å²) < 4.78 is 26.0. The molecule has 0 radical (unpaired) electrons. The Hall–Kier alpha value is -1.93. The minimum atomic E-state index is -3.51. The van der Waals surface area contributed by atoms with Gasteiger partial charge in [-0.2, -0.15) is 0 Å². The third-order valence-corrected chi connectivity index (χ3v) is 5.03. The Kier molecular flexibility index (Phi) is 7.87. The van der Waals surface area contributed by atoms with Crippen LogP contribution in [0.25, 0.3) is 0 Å². The Balaban J connectivity index is 2.60. The van der Waals surface area contributed by atoms with Crippen LogP contribution in [0.15, 0.2) is 29.2 Å². The van der Waals surface area contributed by atoms with Crippen LogP contribution in [-0.2, 0) is 26.0 Å². The number of hydrogen-bond acceptors (Lipinski definition) is 4. The van der Waals surface area contributed by atoms with Crippen LogP contribution in [0, 0.1) is 5.92 Å². The van der Waals surface area contributed by atoms with E-state index in [1.165, 1.54) is 12.1 Å². The highest BCUT2D eigenvalue weighted by Crippen LogP contribution is 2.11. The molecular weight excluding hydrogens is 332 g/mol. The highest BCUT2D eigenvalue weighted by Gasteiger charge is 2.17. The lowest BCUT2D eigenvalue weighted by atomic mass is 10.0. The second kappa shape index (κ2) is 9.39. The molecule has 7 nitrogen and oxygen atoms in total. The minimum absolute atomic E-state index is 0.0694. The van der Waals surface area contributed by atoms with E-state index in [9.17, 15) is 18.0 Å². The maximum Gasteiger partial charge on any atom is 0.308 e. The molecule has 24 heavy (non-hydrogen) atoms. The van der Waals surface area contributed by atoms with E-state index >= 15 is 0 Å².